The van der Waals surface area contributed by atoms with Crippen LogP contribution in [0, 0.1) is 0 Å². The Morgan fingerprint density at radius 3 is 2.60 bits per heavy atom. The van der Waals surface area contributed by atoms with Crippen LogP contribution in [0.5, 0.6) is 11.5 Å². The summed E-state index contributed by atoms with van der Waals surface area (Å²) >= 11 is 5.46. The summed E-state index contributed by atoms with van der Waals surface area (Å²) in [6.45, 7) is -6.13. The monoisotopic (exact) mass is 368 g/mol. The number of para-hydroxylation sites is 2. The highest BCUT2D eigenvalue weighted by molar-refractivity contribution is 6.27. The van der Waals surface area contributed by atoms with E-state index in [1.54, 1.807) is 36.4 Å². The van der Waals surface area contributed by atoms with Gasteiger partial charge in [-0.25, -0.2) is 0 Å². The van der Waals surface area contributed by atoms with Crippen LogP contribution < -0.4 is 14.8 Å². The van der Waals surface area contributed by atoms with Gasteiger partial charge in [0.05, 0.1) is 9.30 Å². The van der Waals surface area contributed by atoms with Crippen molar-refractivity contribution >= 4 is 17.5 Å². The van der Waals surface area contributed by atoms with E-state index in [2.05, 4.69) is 5.32 Å². The smallest absolute Gasteiger partial charge is 0.235 e. The van der Waals surface area contributed by atoms with Gasteiger partial charge in [0.2, 0.25) is 5.91 Å². The number of benzene rings is 2. The molecule has 0 spiro atoms. The van der Waals surface area contributed by atoms with Gasteiger partial charge in [0.1, 0.15) is 12.0 Å². The van der Waals surface area contributed by atoms with Gasteiger partial charge in [-0.15, -0.1) is 11.6 Å². The first-order valence-corrected chi connectivity index (χ1v) is 8.09. The molecule has 2 unspecified atom stereocenters. The van der Waals surface area contributed by atoms with Crippen molar-refractivity contribution in [2.45, 2.75) is 19.1 Å². The number of aliphatic hydroxyl groups excluding tert-OH is 1. The van der Waals surface area contributed by atoms with Crippen LogP contribution in [0.2, 0.25) is 0 Å². The number of rotatable bonds is 9. The minimum atomic E-state index is -3.02. The number of carbonyl (C=O) groups excluding carboxylic acids is 1. The number of nitrogens with one attached hydrogen (secondary N) is 1. The van der Waals surface area contributed by atoms with Crippen LogP contribution in [0.15, 0.2) is 54.6 Å². The molecule has 0 aliphatic carbocycles. The van der Waals surface area contributed by atoms with E-state index in [1.807, 2.05) is 0 Å². The second-order valence-corrected chi connectivity index (χ2v) is 5.37. The van der Waals surface area contributed by atoms with Gasteiger partial charge in [-0.1, -0.05) is 42.5 Å². The van der Waals surface area contributed by atoms with E-state index in [-0.39, 0.29) is 23.9 Å². The summed E-state index contributed by atoms with van der Waals surface area (Å²) in [4.78, 5) is 11.4. The fourth-order valence-corrected chi connectivity index (χ4v) is 2.30. The minimum absolute atomic E-state index is 0.0298. The fraction of sp³-hybridized carbons (Fsp3) is 0.316. The Kier molecular flexibility index (Phi) is 5.17. The molecule has 0 aliphatic heterocycles. The van der Waals surface area contributed by atoms with Crippen LogP contribution in [-0.4, -0.2) is 36.1 Å². The number of halogens is 1. The number of carbonyl (C=O) groups is 1. The SMILES string of the molecule is [2H]C([2H])([2H])C([2H])([2H])Oc1ccccc1OC(c1ccccc1)C(O)CNC(=O)CCl. The van der Waals surface area contributed by atoms with E-state index in [0.29, 0.717) is 5.56 Å². The molecule has 0 fully saturated rings. The maximum absolute atomic E-state index is 11.4. The molecule has 2 aromatic carbocycles. The average Bonchev–Trinajstić information content (AvgIpc) is 2.70. The first-order chi connectivity index (χ1) is 14.0. The topological polar surface area (TPSA) is 67.8 Å². The van der Waals surface area contributed by atoms with Gasteiger partial charge in [0, 0.05) is 10.7 Å². The van der Waals surface area contributed by atoms with Gasteiger partial charge in [-0.2, -0.15) is 0 Å². The lowest BCUT2D eigenvalue weighted by atomic mass is 10.0. The predicted octanol–water partition coefficient (Wildman–Crippen LogP) is 2.92. The molecule has 0 saturated carbocycles. The molecule has 0 aliphatic rings. The number of amides is 1. The zero-order chi connectivity index (χ0) is 22.4. The number of hydrogen-bond donors (Lipinski definition) is 2. The molecular weight excluding hydrogens is 342 g/mol. The van der Waals surface area contributed by atoms with Crippen LogP contribution >= 0.6 is 11.6 Å². The number of ether oxygens (including phenoxy) is 2. The summed E-state index contributed by atoms with van der Waals surface area (Å²) in [7, 11) is 0. The second kappa shape index (κ2) is 9.91. The number of aliphatic hydroxyl groups is 1. The maximum Gasteiger partial charge on any atom is 0.235 e. The normalized spacial score (nSPS) is 17.0. The van der Waals surface area contributed by atoms with Crippen molar-refractivity contribution in [2.24, 2.45) is 0 Å². The minimum Gasteiger partial charge on any atom is -0.490 e. The van der Waals surface area contributed by atoms with Gasteiger partial charge in [0.25, 0.3) is 0 Å². The van der Waals surface area contributed by atoms with Crippen LogP contribution in [0.4, 0.5) is 0 Å². The molecule has 25 heavy (non-hydrogen) atoms. The molecule has 2 atom stereocenters. The van der Waals surface area contributed by atoms with Crippen molar-refractivity contribution in [1.29, 1.82) is 0 Å². The van der Waals surface area contributed by atoms with Gasteiger partial charge in [-0.3, -0.25) is 4.79 Å². The summed E-state index contributed by atoms with van der Waals surface area (Å²) in [5.41, 5.74) is 0.582. The van der Waals surface area contributed by atoms with Gasteiger partial charge >= 0.3 is 0 Å². The average molecular weight is 369 g/mol. The molecule has 0 bridgehead atoms. The highest BCUT2D eigenvalue weighted by Gasteiger charge is 2.24. The number of alkyl halides is 1. The van der Waals surface area contributed by atoms with E-state index in [0.717, 1.165) is 0 Å². The molecule has 0 radical (unpaired) electrons. The van der Waals surface area contributed by atoms with Crippen molar-refractivity contribution in [2.75, 3.05) is 19.0 Å². The van der Waals surface area contributed by atoms with Gasteiger partial charge in [0.15, 0.2) is 17.6 Å². The van der Waals surface area contributed by atoms with Crippen molar-refractivity contribution in [3.8, 4) is 11.5 Å². The highest BCUT2D eigenvalue weighted by atomic mass is 35.5. The van der Waals surface area contributed by atoms with E-state index in [9.17, 15) is 9.90 Å². The Balaban J connectivity index is 2.31. The standard InChI is InChI=1S/C19H22ClNO4/c1-2-24-16-10-6-7-11-17(16)25-19(14-8-4-3-5-9-14)15(22)13-21-18(23)12-20/h3-11,15,19,22H,2,12-13H2,1H3,(H,21,23)/i1D3,2D2. The molecule has 2 aromatic rings. The maximum atomic E-state index is 11.4. The lowest BCUT2D eigenvalue weighted by molar-refractivity contribution is -0.119. The van der Waals surface area contributed by atoms with Crippen molar-refractivity contribution in [1.82, 2.24) is 5.32 Å². The van der Waals surface area contributed by atoms with Crippen LogP contribution in [-0.2, 0) is 4.79 Å². The zero-order valence-corrected chi connectivity index (χ0v) is 14.1. The zero-order valence-electron chi connectivity index (χ0n) is 18.3. The molecule has 2 rings (SSSR count). The summed E-state index contributed by atoms with van der Waals surface area (Å²) in [6.07, 6.45) is -2.16. The Labute approximate surface area is 159 Å². The van der Waals surface area contributed by atoms with Crippen LogP contribution in [0.25, 0.3) is 0 Å². The Hall–Kier alpha value is -2.24. The summed E-state index contributed by atoms with van der Waals surface area (Å²) < 4.78 is 48.3. The Morgan fingerprint density at radius 2 is 1.92 bits per heavy atom. The van der Waals surface area contributed by atoms with Gasteiger partial charge in [-0.05, 0) is 24.5 Å². The van der Waals surface area contributed by atoms with Crippen molar-refractivity contribution < 1.29 is 26.2 Å². The second-order valence-electron chi connectivity index (χ2n) is 5.11. The summed E-state index contributed by atoms with van der Waals surface area (Å²) in [5.74, 6) is -0.833. The lowest BCUT2D eigenvalue weighted by Gasteiger charge is -2.26. The third kappa shape index (κ3) is 5.66. The van der Waals surface area contributed by atoms with Crippen molar-refractivity contribution in [3.05, 3.63) is 60.2 Å². The summed E-state index contributed by atoms with van der Waals surface area (Å²) in [6, 6.07) is 14.6. The molecule has 134 valence electrons. The molecule has 0 aromatic heterocycles. The molecule has 2 N–H and O–H groups in total. The Bertz CT molecular complexity index is 835. The predicted molar refractivity (Wildman–Crippen MR) is 97.2 cm³/mol. The first-order valence-electron chi connectivity index (χ1n) is 10.1. The molecule has 6 heteroatoms. The van der Waals surface area contributed by atoms with E-state index < -0.39 is 31.5 Å². The first kappa shape index (κ1) is 13.0. The Morgan fingerprint density at radius 1 is 1.24 bits per heavy atom. The lowest BCUT2D eigenvalue weighted by Crippen LogP contribution is -2.37. The van der Waals surface area contributed by atoms with E-state index >= 15 is 0 Å². The highest BCUT2D eigenvalue weighted by Crippen LogP contribution is 2.32. The third-order valence-electron chi connectivity index (χ3n) is 3.37. The van der Waals surface area contributed by atoms with Crippen molar-refractivity contribution in [3.63, 3.8) is 0 Å². The molecule has 0 saturated heterocycles. The molecule has 1 amide bonds. The molecule has 0 heterocycles. The quantitative estimate of drug-likeness (QED) is 0.668. The molecule has 5 nitrogen and oxygen atoms in total. The summed E-state index contributed by atoms with van der Waals surface area (Å²) in [5, 5.41) is 13.1. The fourth-order valence-electron chi connectivity index (χ4n) is 2.21. The van der Waals surface area contributed by atoms with E-state index in [1.165, 1.54) is 18.2 Å². The van der Waals surface area contributed by atoms with E-state index in [4.69, 9.17) is 27.9 Å². The van der Waals surface area contributed by atoms with Crippen LogP contribution in [0.3, 0.4) is 0 Å². The molecular formula is C19H22ClNO4. The third-order valence-corrected chi connectivity index (χ3v) is 3.61. The number of hydrogen-bond acceptors (Lipinski definition) is 4. The van der Waals surface area contributed by atoms with Crippen LogP contribution in [0.1, 0.15) is 25.4 Å². The van der Waals surface area contributed by atoms with Gasteiger partial charge < -0.3 is 19.9 Å². The largest absolute Gasteiger partial charge is 0.490 e.